The van der Waals surface area contributed by atoms with E-state index in [4.69, 9.17) is 9.15 Å². The zero-order valence-electron chi connectivity index (χ0n) is 16.6. The lowest BCUT2D eigenvalue weighted by atomic mass is 9.87. The van der Waals surface area contributed by atoms with Crippen LogP contribution in [0.5, 0.6) is 5.75 Å². The van der Waals surface area contributed by atoms with Gasteiger partial charge in [-0.25, -0.2) is 0 Å². The molecule has 26 heavy (non-hydrogen) atoms. The molecule has 0 saturated carbocycles. The number of furan rings is 1. The van der Waals surface area contributed by atoms with Crippen LogP contribution in [0.1, 0.15) is 56.7 Å². The van der Waals surface area contributed by atoms with Crippen LogP contribution in [-0.2, 0) is 11.2 Å². The van der Waals surface area contributed by atoms with E-state index in [1.807, 2.05) is 26.8 Å². The molecule has 5 heteroatoms. The summed E-state index contributed by atoms with van der Waals surface area (Å²) in [5, 5.41) is 0.759. The van der Waals surface area contributed by atoms with Crippen LogP contribution >= 0.6 is 0 Å². The summed E-state index contributed by atoms with van der Waals surface area (Å²) in [5.74, 6) is 0.817. The number of carbonyl (C=O) groups excluding carboxylic acids is 2. The third-order valence-corrected chi connectivity index (χ3v) is 4.49. The SMILES string of the molecule is CCCCN(C)C(=O)Cc1c(C(=O)C(C)(C)C)oc2ccc(OC)cc12. The van der Waals surface area contributed by atoms with Crippen molar-refractivity contribution >= 4 is 22.7 Å². The molecule has 2 aromatic rings. The van der Waals surface area contributed by atoms with Gasteiger partial charge in [-0.05, 0) is 24.6 Å². The summed E-state index contributed by atoms with van der Waals surface area (Å²) < 4.78 is 11.2. The molecule has 0 unspecified atom stereocenters. The molecule has 0 saturated heterocycles. The van der Waals surface area contributed by atoms with Crippen molar-refractivity contribution in [2.45, 2.75) is 47.0 Å². The van der Waals surface area contributed by atoms with E-state index in [1.165, 1.54) is 0 Å². The molecule has 1 aromatic carbocycles. The molecule has 1 amide bonds. The highest BCUT2D eigenvalue weighted by Crippen LogP contribution is 2.33. The number of carbonyl (C=O) groups is 2. The number of unbranched alkanes of at least 4 members (excludes halogenated alkanes) is 1. The highest BCUT2D eigenvalue weighted by Gasteiger charge is 2.31. The van der Waals surface area contributed by atoms with Gasteiger partial charge in [0.15, 0.2) is 5.76 Å². The Morgan fingerprint density at radius 1 is 1.23 bits per heavy atom. The Morgan fingerprint density at radius 3 is 2.50 bits per heavy atom. The molecule has 5 nitrogen and oxygen atoms in total. The third kappa shape index (κ3) is 4.26. The lowest BCUT2D eigenvalue weighted by Gasteiger charge is -2.18. The van der Waals surface area contributed by atoms with Gasteiger partial charge in [0.2, 0.25) is 11.7 Å². The van der Waals surface area contributed by atoms with Crippen LogP contribution in [0.3, 0.4) is 0 Å². The second-order valence-corrected chi connectivity index (χ2v) is 7.70. The van der Waals surface area contributed by atoms with Crippen molar-refractivity contribution in [1.82, 2.24) is 4.90 Å². The van der Waals surface area contributed by atoms with E-state index >= 15 is 0 Å². The van der Waals surface area contributed by atoms with Crippen molar-refractivity contribution in [2.24, 2.45) is 5.41 Å². The monoisotopic (exact) mass is 359 g/mol. The summed E-state index contributed by atoms with van der Waals surface area (Å²) in [6, 6.07) is 5.39. The standard InChI is InChI=1S/C21H29NO4/c1-7-8-11-22(5)18(23)13-16-15-12-14(25-6)9-10-17(15)26-19(16)20(24)21(2,3)4/h9-10,12H,7-8,11,13H2,1-6H3. The van der Waals surface area contributed by atoms with Crippen LogP contribution in [0.15, 0.2) is 22.6 Å². The highest BCUT2D eigenvalue weighted by atomic mass is 16.5. The number of Topliss-reactive ketones (excluding diaryl/α,β-unsaturated/α-hetero) is 1. The van der Waals surface area contributed by atoms with E-state index in [-0.39, 0.29) is 23.9 Å². The average Bonchev–Trinajstić information content (AvgIpc) is 2.95. The van der Waals surface area contributed by atoms with Crippen LogP contribution < -0.4 is 4.74 Å². The van der Waals surface area contributed by atoms with E-state index in [1.54, 1.807) is 31.2 Å². The smallest absolute Gasteiger partial charge is 0.226 e. The van der Waals surface area contributed by atoms with Crippen molar-refractivity contribution in [1.29, 1.82) is 0 Å². The van der Waals surface area contributed by atoms with Gasteiger partial charge in [0.05, 0.1) is 13.5 Å². The number of ketones is 1. The lowest BCUT2D eigenvalue weighted by molar-refractivity contribution is -0.129. The number of benzene rings is 1. The Kier molecular flexibility index (Phi) is 6.11. The van der Waals surface area contributed by atoms with Crippen LogP contribution in [0.25, 0.3) is 11.0 Å². The molecular weight excluding hydrogens is 330 g/mol. The zero-order chi connectivity index (χ0) is 19.5. The Hall–Kier alpha value is -2.30. The molecule has 0 spiro atoms. The normalized spacial score (nSPS) is 11.6. The number of amides is 1. The van der Waals surface area contributed by atoms with Crippen LogP contribution in [0, 0.1) is 5.41 Å². The van der Waals surface area contributed by atoms with Crippen LogP contribution in [0.4, 0.5) is 0 Å². The van der Waals surface area contributed by atoms with E-state index < -0.39 is 5.41 Å². The van der Waals surface area contributed by atoms with Crippen molar-refractivity contribution in [3.05, 3.63) is 29.5 Å². The Balaban J connectivity index is 2.49. The molecule has 0 aliphatic rings. The van der Waals surface area contributed by atoms with Crippen molar-refractivity contribution in [3.63, 3.8) is 0 Å². The summed E-state index contributed by atoms with van der Waals surface area (Å²) in [6.07, 6.45) is 2.12. The summed E-state index contributed by atoms with van der Waals surface area (Å²) >= 11 is 0. The molecule has 0 N–H and O–H groups in total. The second-order valence-electron chi connectivity index (χ2n) is 7.70. The first-order chi connectivity index (χ1) is 12.2. The second kappa shape index (κ2) is 7.94. The predicted molar refractivity (Wildman–Crippen MR) is 103 cm³/mol. The summed E-state index contributed by atoms with van der Waals surface area (Å²) in [7, 11) is 3.39. The van der Waals surface area contributed by atoms with Crippen molar-refractivity contribution in [3.8, 4) is 5.75 Å². The molecule has 0 bridgehead atoms. The molecule has 1 aromatic heterocycles. The molecule has 0 radical (unpaired) electrons. The van der Waals surface area contributed by atoms with E-state index in [9.17, 15) is 9.59 Å². The zero-order valence-corrected chi connectivity index (χ0v) is 16.6. The van der Waals surface area contributed by atoms with Crippen molar-refractivity contribution < 1.29 is 18.7 Å². The maximum absolute atomic E-state index is 12.9. The maximum Gasteiger partial charge on any atom is 0.226 e. The van der Waals surface area contributed by atoms with E-state index in [0.29, 0.717) is 23.4 Å². The number of hydrogen-bond acceptors (Lipinski definition) is 4. The minimum atomic E-state index is -0.593. The molecule has 142 valence electrons. The molecule has 1 heterocycles. The molecule has 0 aliphatic carbocycles. The number of ether oxygens (including phenoxy) is 1. The minimum absolute atomic E-state index is 0.0214. The predicted octanol–water partition coefficient (Wildman–Crippen LogP) is 4.47. The molecular formula is C21H29NO4. The fourth-order valence-corrected chi connectivity index (χ4v) is 2.76. The molecule has 2 rings (SSSR count). The number of nitrogens with zero attached hydrogens (tertiary/aromatic N) is 1. The van der Waals surface area contributed by atoms with Gasteiger partial charge in [0.1, 0.15) is 11.3 Å². The first-order valence-corrected chi connectivity index (χ1v) is 9.07. The van der Waals surface area contributed by atoms with Gasteiger partial charge < -0.3 is 14.1 Å². The van der Waals surface area contributed by atoms with E-state index in [2.05, 4.69) is 6.92 Å². The van der Waals surface area contributed by atoms with Crippen molar-refractivity contribution in [2.75, 3.05) is 20.7 Å². The third-order valence-electron chi connectivity index (χ3n) is 4.49. The van der Waals surface area contributed by atoms with Crippen LogP contribution in [0.2, 0.25) is 0 Å². The van der Waals surface area contributed by atoms with Gasteiger partial charge in [-0.1, -0.05) is 34.1 Å². The van der Waals surface area contributed by atoms with Gasteiger partial charge in [0, 0.05) is 30.0 Å². The molecule has 0 atom stereocenters. The number of methoxy groups -OCH3 is 1. The fraction of sp³-hybridized carbons (Fsp3) is 0.524. The number of fused-ring (bicyclic) bond motifs is 1. The van der Waals surface area contributed by atoms with Gasteiger partial charge in [-0.2, -0.15) is 0 Å². The Morgan fingerprint density at radius 2 is 1.92 bits per heavy atom. The number of likely N-dealkylation sites (N-methyl/N-ethyl adjacent to an activating group) is 1. The van der Waals surface area contributed by atoms with E-state index in [0.717, 1.165) is 18.2 Å². The number of rotatable bonds is 7. The first kappa shape index (κ1) is 20.0. The quantitative estimate of drug-likeness (QED) is 0.684. The van der Waals surface area contributed by atoms with Gasteiger partial charge in [-0.3, -0.25) is 9.59 Å². The Labute approximate surface area is 155 Å². The average molecular weight is 359 g/mol. The summed E-state index contributed by atoms with van der Waals surface area (Å²) in [6.45, 7) is 8.34. The maximum atomic E-state index is 12.9. The first-order valence-electron chi connectivity index (χ1n) is 9.07. The largest absolute Gasteiger partial charge is 0.497 e. The fourth-order valence-electron chi connectivity index (χ4n) is 2.76. The van der Waals surface area contributed by atoms with Gasteiger partial charge >= 0.3 is 0 Å². The van der Waals surface area contributed by atoms with Gasteiger partial charge in [-0.15, -0.1) is 0 Å². The Bertz CT molecular complexity index is 798. The molecule has 0 fully saturated rings. The summed E-state index contributed by atoms with van der Waals surface area (Å²) in [5.41, 5.74) is 0.647. The molecule has 0 aliphatic heterocycles. The van der Waals surface area contributed by atoms with Gasteiger partial charge in [0.25, 0.3) is 0 Å². The topological polar surface area (TPSA) is 59.8 Å². The summed E-state index contributed by atoms with van der Waals surface area (Å²) in [4.78, 5) is 27.3. The van der Waals surface area contributed by atoms with Crippen LogP contribution in [-0.4, -0.2) is 37.3 Å². The highest BCUT2D eigenvalue weighted by molar-refractivity contribution is 6.04. The lowest BCUT2D eigenvalue weighted by Crippen LogP contribution is -2.30. The number of hydrogen-bond donors (Lipinski definition) is 0. The minimum Gasteiger partial charge on any atom is -0.497 e.